The van der Waals surface area contributed by atoms with Crippen LogP contribution in [0.4, 0.5) is 10.5 Å². The largest absolute Gasteiger partial charge is 0.467 e. The smallest absolute Gasteiger partial charge is 0.322 e. The quantitative estimate of drug-likeness (QED) is 0.913. The topological polar surface area (TPSA) is 71.3 Å². The molecule has 2 amide bonds. The van der Waals surface area contributed by atoms with Gasteiger partial charge in [-0.25, -0.2) is 14.8 Å². The summed E-state index contributed by atoms with van der Waals surface area (Å²) < 4.78 is 5.46. The number of carbonyl (C=O) groups is 1. The Morgan fingerprint density at radius 2 is 2.04 bits per heavy atom. The van der Waals surface area contributed by atoms with Gasteiger partial charge in [0.25, 0.3) is 0 Å². The average Bonchev–Trinajstić information content (AvgIpc) is 3.48. The lowest BCUT2D eigenvalue weighted by molar-refractivity contribution is 0.179. The number of urea groups is 1. The van der Waals surface area contributed by atoms with Crippen molar-refractivity contribution in [2.75, 3.05) is 5.32 Å². The van der Waals surface area contributed by atoms with Crippen molar-refractivity contribution in [2.24, 2.45) is 0 Å². The first-order valence-corrected chi connectivity index (χ1v) is 8.17. The van der Waals surface area contributed by atoms with Crippen molar-refractivity contribution in [3.8, 4) is 0 Å². The molecule has 6 heteroatoms. The summed E-state index contributed by atoms with van der Waals surface area (Å²) in [6, 6.07) is 3.81. The molecule has 2 fully saturated rings. The summed E-state index contributed by atoms with van der Waals surface area (Å²) in [6.45, 7) is 1.99. The maximum atomic E-state index is 12.7. The van der Waals surface area contributed by atoms with Gasteiger partial charge in [0.15, 0.2) is 0 Å². The maximum Gasteiger partial charge on any atom is 0.322 e. The van der Waals surface area contributed by atoms with E-state index in [2.05, 4.69) is 15.3 Å². The number of furan rings is 1. The Kier molecular flexibility index (Phi) is 3.52. The second kappa shape index (κ2) is 5.68. The third-order valence-electron chi connectivity index (χ3n) is 4.41. The molecule has 0 unspecified atom stereocenters. The van der Waals surface area contributed by atoms with E-state index in [4.69, 9.17) is 4.42 Å². The van der Waals surface area contributed by atoms with E-state index in [1.165, 1.54) is 12.8 Å². The molecule has 23 heavy (non-hydrogen) atoms. The molecule has 120 valence electrons. The van der Waals surface area contributed by atoms with Crippen LogP contribution in [0.3, 0.4) is 0 Å². The van der Waals surface area contributed by atoms with Gasteiger partial charge >= 0.3 is 6.03 Å². The van der Waals surface area contributed by atoms with Gasteiger partial charge in [0, 0.05) is 12.0 Å². The first kappa shape index (κ1) is 14.2. The summed E-state index contributed by atoms with van der Waals surface area (Å²) in [5, 5.41) is 2.91. The normalized spacial score (nSPS) is 18.5. The molecule has 0 bridgehead atoms. The van der Waals surface area contributed by atoms with Crippen molar-refractivity contribution < 1.29 is 9.21 Å². The lowest BCUT2D eigenvalue weighted by Gasteiger charge is -2.28. The lowest BCUT2D eigenvalue weighted by Crippen LogP contribution is -2.38. The molecule has 0 radical (unpaired) electrons. The average molecular weight is 312 g/mol. The highest BCUT2D eigenvalue weighted by atomic mass is 16.3. The zero-order valence-electron chi connectivity index (χ0n) is 13.1. The molecule has 0 aromatic carbocycles. The van der Waals surface area contributed by atoms with Crippen molar-refractivity contribution in [3.63, 3.8) is 0 Å². The molecule has 4 rings (SSSR count). The van der Waals surface area contributed by atoms with Crippen molar-refractivity contribution in [2.45, 2.75) is 50.6 Å². The zero-order chi connectivity index (χ0) is 15.8. The number of carbonyl (C=O) groups excluding carboxylic acids is 1. The predicted molar refractivity (Wildman–Crippen MR) is 85.0 cm³/mol. The number of nitrogens with zero attached hydrogens (tertiary/aromatic N) is 3. The molecule has 2 aromatic heterocycles. The predicted octanol–water partition coefficient (Wildman–Crippen LogP) is 3.70. The number of anilines is 1. The fourth-order valence-corrected chi connectivity index (χ4v) is 2.82. The van der Waals surface area contributed by atoms with Gasteiger partial charge in [-0.1, -0.05) is 0 Å². The molecule has 0 aliphatic heterocycles. The van der Waals surface area contributed by atoms with Crippen LogP contribution in [-0.4, -0.2) is 26.9 Å². The molecule has 2 aliphatic rings. The standard InChI is InChI=1S/C17H20N4O2/c1-11(15-3-2-8-23-15)21(14-6-7-14)17(22)20-13-9-18-16(19-10-13)12-4-5-12/h2-3,8-12,14H,4-7H2,1H3,(H,20,22)/t11-/m0/s1. The van der Waals surface area contributed by atoms with Gasteiger partial charge < -0.3 is 14.6 Å². The number of hydrogen-bond donors (Lipinski definition) is 1. The third kappa shape index (κ3) is 3.06. The summed E-state index contributed by atoms with van der Waals surface area (Å²) in [4.78, 5) is 23.2. The number of rotatable bonds is 5. The van der Waals surface area contributed by atoms with E-state index in [-0.39, 0.29) is 18.1 Å². The van der Waals surface area contributed by atoms with Crippen molar-refractivity contribution in [1.82, 2.24) is 14.9 Å². The second-order valence-corrected chi connectivity index (χ2v) is 6.36. The molecule has 2 aliphatic carbocycles. The number of amides is 2. The van der Waals surface area contributed by atoms with Crippen LogP contribution in [0.5, 0.6) is 0 Å². The summed E-state index contributed by atoms with van der Waals surface area (Å²) in [6.07, 6.45) is 9.44. The molecule has 2 aromatic rings. The Bertz CT molecular complexity index is 675. The minimum Gasteiger partial charge on any atom is -0.467 e. The van der Waals surface area contributed by atoms with Crippen molar-refractivity contribution in [3.05, 3.63) is 42.4 Å². The molecular weight excluding hydrogens is 292 g/mol. The number of hydrogen-bond acceptors (Lipinski definition) is 4. The highest BCUT2D eigenvalue weighted by Crippen LogP contribution is 2.38. The van der Waals surface area contributed by atoms with E-state index >= 15 is 0 Å². The van der Waals surface area contributed by atoms with Crippen LogP contribution in [0.2, 0.25) is 0 Å². The van der Waals surface area contributed by atoms with Gasteiger partial charge in [0.2, 0.25) is 0 Å². The number of aromatic nitrogens is 2. The van der Waals surface area contributed by atoms with Crippen LogP contribution in [0, 0.1) is 0 Å². The first-order valence-electron chi connectivity index (χ1n) is 8.17. The fraction of sp³-hybridized carbons (Fsp3) is 0.471. The van der Waals surface area contributed by atoms with Gasteiger partial charge in [-0.2, -0.15) is 0 Å². The van der Waals surface area contributed by atoms with E-state index in [9.17, 15) is 4.79 Å². The van der Waals surface area contributed by atoms with Crippen LogP contribution in [-0.2, 0) is 0 Å². The third-order valence-corrected chi connectivity index (χ3v) is 4.41. The second-order valence-electron chi connectivity index (χ2n) is 6.36. The fourth-order valence-electron chi connectivity index (χ4n) is 2.82. The van der Waals surface area contributed by atoms with Gasteiger partial charge in [-0.05, 0) is 44.7 Å². The molecular formula is C17H20N4O2. The van der Waals surface area contributed by atoms with Crippen molar-refractivity contribution >= 4 is 11.7 Å². The molecule has 0 saturated heterocycles. The highest BCUT2D eigenvalue weighted by molar-refractivity contribution is 5.89. The van der Waals surface area contributed by atoms with Gasteiger partial charge in [0.05, 0.1) is 30.4 Å². The van der Waals surface area contributed by atoms with Crippen LogP contribution in [0.25, 0.3) is 0 Å². The maximum absolute atomic E-state index is 12.7. The van der Waals surface area contributed by atoms with E-state index < -0.39 is 0 Å². The van der Waals surface area contributed by atoms with Gasteiger partial charge in [-0.15, -0.1) is 0 Å². The first-order chi connectivity index (χ1) is 11.2. The molecule has 6 nitrogen and oxygen atoms in total. The summed E-state index contributed by atoms with van der Waals surface area (Å²) >= 11 is 0. The van der Waals surface area contributed by atoms with Gasteiger partial charge in [-0.3, -0.25) is 0 Å². The summed E-state index contributed by atoms with van der Waals surface area (Å²) in [5.41, 5.74) is 0.636. The molecule has 1 N–H and O–H groups in total. The van der Waals surface area contributed by atoms with Crippen LogP contribution < -0.4 is 5.32 Å². The van der Waals surface area contributed by atoms with Crippen LogP contribution in [0.15, 0.2) is 35.2 Å². The Balaban J connectivity index is 1.46. The number of nitrogens with one attached hydrogen (secondary N) is 1. The zero-order valence-corrected chi connectivity index (χ0v) is 13.1. The minimum absolute atomic E-state index is 0.0934. The van der Waals surface area contributed by atoms with E-state index in [0.717, 1.165) is 24.4 Å². The molecule has 2 saturated carbocycles. The highest BCUT2D eigenvalue weighted by Gasteiger charge is 2.37. The molecule has 2 heterocycles. The lowest BCUT2D eigenvalue weighted by atomic mass is 10.2. The van der Waals surface area contributed by atoms with Crippen LogP contribution in [0.1, 0.15) is 56.2 Å². The SMILES string of the molecule is C[C@@H](c1ccco1)N(C(=O)Nc1cnc(C2CC2)nc1)C1CC1. The monoisotopic (exact) mass is 312 g/mol. The molecule has 0 spiro atoms. The van der Waals surface area contributed by atoms with Crippen LogP contribution >= 0.6 is 0 Å². The minimum atomic E-state index is -0.126. The summed E-state index contributed by atoms with van der Waals surface area (Å²) in [7, 11) is 0. The van der Waals surface area contributed by atoms with Crippen molar-refractivity contribution in [1.29, 1.82) is 0 Å². The Labute approximate surface area is 134 Å². The Morgan fingerprint density at radius 3 is 2.61 bits per heavy atom. The van der Waals surface area contributed by atoms with E-state index in [1.807, 2.05) is 24.0 Å². The summed E-state index contributed by atoms with van der Waals surface area (Å²) in [5.74, 6) is 2.19. The van der Waals surface area contributed by atoms with E-state index in [1.54, 1.807) is 18.7 Å². The van der Waals surface area contributed by atoms with E-state index in [0.29, 0.717) is 11.6 Å². The Morgan fingerprint density at radius 1 is 1.30 bits per heavy atom. The Hall–Kier alpha value is -2.37. The van der Waals surface area contributed by atoms with Gasteiger partial charge in [0.1, 0.15) is 11.6 Å². The molecule has 1 atom stereocenters.